The zero-order valence-electron chi connectivity index (χ0n) is 14.2. The van der Waals surface area contributed by atoms with Crippen molar-refractivity contribution in [1.82, 2.24) is 0 Å². The summed E-state index contributed by atoms with van der Waals surface area (Å²) in [5.41, 5.74) is 1.25. The number of hydrogen-bond donors (Lipinski definition) is 2. The minimum atomic E-state index is -0.378. The van der Waals surface area contributed by atoms with Crippen molar-refractivity contribution in [2.75, 3.05) is 24.4 Å². The predicted octanol–water partition coefficient (Wildman–Crippen LogP) is 3.96. The zero-order chi connectivity index (χ0) is 18.4. The summed E-state index contributed by atoms with van der Waals surface area (Å²) in [4.78, 5) is 23.7. The second-order valence-corrected chi connectivity index (χ2v) is 5.53. The number of nitrogens with one attached hydrogen (secondary N) is 2. The van der Waals surface area contributed by atoms with Gasteiger partial charge in [0.1, 0.15) is 11.5 Å². The molecule has 0 aliphatic heterocycles. The first kappa shape index (κ1) is 18.6. The van der Waals surface area contributed by atoms with Gasteiger partial charge in [0, 0.05) is 18.7 Å². The largest absolute Gasteiger partial charge is 0.496 e. The smallest absolute Gasteiger partial charge is 0.259 e. The molecule has 0 heterocycles. The average Bonchev–Trinajstić information content (AvgIpc) is 2.58. The molecule has 0 saturated carbocycles. The lowest BCUT2D eigenvalue weighted by Crippen LogP contribution is -2.14. The van der Waals surface area contributed by atoms with Crippen molar-refractivity contribution in [2.24, 2.45) is 0 Å². The van der Waals surface area contributed by atoms with Crippen molar-refractivity contribution in [3.8, 4) is 11.5 Å². The van der Waals surface area contributed by atoms with Crippen molar-refractivity contribution in [1.29, 1.82) is 0 Å². The average molecular weight is 363 g/mol. The molecule has 2 aromatic carbocycles. The number of benzene rings is 2. The monoisotopic (exact) mass is 362 g/mol. The zero-order valence-corrected chi connectivity index (χ0v) is 14.9. The maximum atomic E-state index is 12.5. The van der Waals surface area contributed by atoms with Crippen LogP contribution in [-0.2, 0) is 4.79 Å². The molecule has 132 valence electrons. The molecule has 2 amide bonds. The van der Waals surface area contributed by atoms with Crippen LogP contribution in [0.4, 0.5) is 11.4 Å². The summed E-state index contributed by atoms with van der Waals surface area (Å²) in [7, 11) is 1.44. The van der Waals surface area contributed by atoms with Crippen LogP contribution in [0.1, 0.15) is 24.2 Å². The highest BCUT2D eigenvalue weighted by atomic mass is 35.5. The van der Waals surface area contributed by atoms with E-state index in [1.165, 1.54) is 26.2 Å². The number of halogens is 1. The molecule has 0 aliphatic rings. The third-order valence-electron chi connectivity index (χ3n) is 3.27. The third-order valence-corrected chi connectivity index (χ3v) is 3.58. The maximum absolute atomic E-state index is 12.5. The van der Waals surface area contributed by atoms with Gasteiger partial charge < -0.3 is 20.1 Å². The van der Waals surface area contributed by atoms with E-state index in [4.69, 9.17) is 21.1 Å². The molecule has 0 aromatic heterocycles. The van der Waals surface area contributed by atoms with Crippen molar-refractivity contribution in [2.45, 2.75) is 13.8 Å². The van der Waals surface area contributed by atoms with Gasteiger partial charge in [-0.3, -0.25) is 9.59 Å². The van der Waals surface area contributed by atoms with E-state index in [0.29, 0.717) is 23.7 Å². The number of hydrogen-bond acceptors (Lipinski definition) is 4. The molecule has 0 saturated heterocycles. The highest BCUT2D eigenvalue weighted by Crippen LogP contribution is 2.31. The van der Waals surface area contributed by atoms with Crippen molar-refractivity contribution in [3.63, 3.8) is 0 Å². The van der Waals surface area contributed by atoms with E-state index in [0.717, 1.165) is 5.75 Å². The van der Waals surface area contributed by atoms with Gasteiger partial charge in [0.2, 0.25) is 5.91 Å². The maximum Gasteiger partial charge on any atom is 0.259 e. The van der Waals surface area contributed by atoms with E-state index in [1.807, 2.05) is 6.92 Å². The summed E-state index contributed by atoms with van der Waals surface area (Å²) < 4.78 is 10.6. The Morgan fingerprint density at radius 2 is 1.80 bits per heavy atom. The van der Waals surface area contributed by atoms with Gasteiger partial charge in [-0.1, -0.05) is 11.6 Å². The minimum Gasteiger partial charge on any atom is -0.496 e. The lowest BCUT2D eigenvalue weighted by atomic mass is 10.1. The third kappa shape index (κ3) is 4.87. The number of rotatable bonds is 6. The summed E-state index contributed by atoms with van der Waals surface area (Å²) >= 11 is 6.14. The van der Waals surface area contributed by atoms with Crippen molar-refractivity contribution >= 4 is 34.8 Å². The molecule has 0 fully saturated rings. The SMILES string of the molecule is CCOc1ccc(NC(=O)c2cc(Cl)c(NC(C)=O)cc2OC)cc1. The first-order valence-corrected chi connectivity index (χ1v) is 8.01. The lowest BCUT2D eigenvalue weighted by molar-refractivity contribution is -0.114. The Morgan fingerprint density at radius 1 is 1.12 bits per heavy atom. The van der Waals surface area contributed by atoms with E-state index in [1.54, 1.807) is 24.3 Å². The molecular formula is C18H19ClN2O4. The van der Waals surface area contributed by atoms with Crippen LogP contribution in [0.2, 0.25) is 5.02 Å². The van der Waals surface area contributed by atoms with E-state index in [9.17, 15) is 9.59 Å². The van der Waals surface area contributed by atoms with E-state index < -0.39 is 0 Å². The van der Waals surface area contributed by atoms with Crippen molar-refractivity contribution < 1.29 is 19.1 Å². The molecule has 0 aliphatic carbocycles. The first-order valence-electron chi connectivity index (χ1n) is 7.64. The molecule has 6 nitrogen and oxygen atoms in total. The Bertz CT molecular complexity index is 775. The standard InChI is InChI=1S/C18H19ClN2O4/c1-4-25-13-7-5-12(6-8-13)21-18(23)14-9-15(19)16(20-11(2)22)10-17(14)24-3/h5-10H,4H2,1-3H3,(H,20,22)(H,21,23). The van der Waals surface area contributed by atoms with Gasteiger partial charge in [-0.15, -0.1) is 0 Å². The molecule has 0 unspecified atom stereocenters. The van der Waals surface area contributed by atoms with Gasteiger partial charge in [0.25, 0.3) is 5.91 Å². The highest BCUT2D eigenvalue weighted by molar-refractivity contribution is 6.34. The molecule has 0 atom stereocenters. The summed E-state index contributed by atoms with van der Waals surface area (Å²) in [6.07, 6.45) is 0. The summed E-state index contributed by atoms with van der Waals surface area (Å²) in [5.74, 6) is 0.380. The number of amides is 2. The number of anilines is 2. The first-order chi connectivity index (χ1) is 11.9. The Hall–Kier alpha value is -2.73. The van der Waals surface area contributed by atoms with Gasteiger partial charge in [-0.2, -0.15) is 0 Å². The minimum absolute atomic E-state index is 0.243. The molecule has 25 heavy (non-hydrogen) atoms. The lowest BCUT2D eigenvalue weighted by Gasteiger charge is -2.13. The predicted molar refractivity (Wildman–Crippen MR) is 97.9 cm³/mol. The van der Waals surface area contributed by atoms with Crippen LogP contribution >= 0.6 is 11.6 Å². The molecule has 2 N–H and O–H groups in total. The topological polar surface area (TPSA) is 76.7 Å². The van der Waals surface area contributed by atoms with Gasteiger partial charge in [0.15, 0.2) is 0 Å². The Morgan fingerprint density at radius 3 is 2.36 bits per heavy atom. The van der Waals surface area contributed by atoms with Gasteiger partial charge in [0.05, 0.1) is 30.0 Å². The summed E-state index contributed by atoms with van der Waals surface area (Å²) in [6, 6.07) is 9.98. The number of ether oxygens (including phenoxy) is 2. The van der Waals surface area contributed by atoms with Gasteiger partial charge in [-0.25, -0.2) is 0 Å². The molecule has 0 bridgehead atoms. The van der Waals surface area contributed by atoms with Gasteiger partial charge in [-0.05, 0) is 37.3 Å². The van der Waals surface area contributed by atoms with E-state index >= 15 is 0 Å². The number of carbonyl (C=O) groups excluding carboxylic acids is 2. The highest BCUT2D eigenvalue weighted by Gasteiger charge is 2.17. The van der Waals surface area contributed by atoms with Crippen LogP contribution in [0.15, 0.2) is 36.4 Å². The fourth-order valence-corrected chi connectivity index (χ4v) is 2.40. The summed E-state index contributed by atoms with van der Waals surface area (Å²) in [5, 5.41) is 5.60. The van der Waals surface area contributed by atoms with Crippen LogP contribution in [0.5, 0.6) is 11.5 Å². The van der Waals surface area contributed by atoms with Crippen molar-refractivity contribution in [3.05, 3.63) is 47.0 Å². The molecule has 0 radical (unpaired) electrons. The van der Waals surface area contributed by atoms with Crippen LogP contribution in [0.25, 0.3) is 0 Å². The van der Waals surface area contributed by atoms with Crippen LogP contribution in [0, 0.1) is 0 Å². The van der Waals surface area contributed by atoms with E-state index in [-0.39, 0.29) is 22.4 Å². The van der Waals surface area contributed by atoms with Crippen LogP contribution < -0.4 is 20.1 Å². The molecule has 7 heteroatoms. The van der Waals surface area contributed by atoms with Crippen LogP contribution in [-0.4, -0.2) is 25.5 Å². The van der Waals surface area contributed by atoms with Crippen LogP contribution in [0.3, 0.4) is 0 Å². The Labute approximate surface area is 151 Å². The van der Waals surface area contributed by atoms with E-state index in [2.05, 4.69) is 10.6 Å². The fraction of sp³-hybridized carbons (Fsp3) is 0.222. The Kier molecular flexibility index (Phi) is 6.25. The second-order valence-electron chi connectivity index (χ2n) is 5.13. The molecular weight excluding hydrogens is 344 g/mol. The second kappa shape index (κ2) is 8.39. The number of carbonyl (C=O) groups is 2. The quantitative estimate of drug-likeness (QED) is 0.815. The van der Waals surface area contributed by atoms with Gasteiger partial charge >= 0.3 is 0 Å². The Balaban J connectivity index is 2.23. The molecule has 0 spiro atoms. The molecule has 2 aromatic rings. The fourth-order valence-electron chi connectivity index (χ4n) is 2.18. The normalized spacial score (nSPS) is 10.1. The number of methoxy groups -OCH3 is 1. The summed E-state index contributed by atoms with van der Waals surface area (Å²) in [6.45, 7) is 3.84. The molecule has 2 rings (SSSR count).